The largest absolute Gasteiger partial charge is 0.489 e. The van der Waals surface area contributed by atoms with Crippen LogP contribution in [0.15, 0.2) is 26.0 Å². The van der Waals surface area contributed by atoms with Crippen molar-refractivity contribution in [2.24, 2.45) is 5.14 Å². The van der Waals surface area contributed by atoms with Gasteiger partial charge in [-0.3, -0.25) is 0 Å². The first-order valence-electron chi connectivity index (χ1n) is 6.08. The lowest BCUT2D eigenvalue weighted by atomic mass is 10.3. The van der Waals surface area contributed by atoms with Gasteiger partial charge in [-0.05, 0) is 50.4 Å². The first-order valence-corrected chi connectivity index (χ1v) is 9.22. The Labute approximate surface area is 136 Å². The zero-order chi connectivity index (χ0) is 15.2. The summed E-state index contributed by atoms with van der Waals surface area (Å²) in [4.78, 5) is 0.0165. The fourth-order valence-electron chi connectivity index (χ4n) is 1.39. The van der Waals surface area contributed by atoms with E-state index in [1.54, 1.807) is 0 Å². The van der Waals surface area contributed by atoms with Crippen molar-refractivity contribution in [3.05, 3.63) is 21.1 Å². The summed E-state index contributed by atoms with van der Waals surface area (Å²) in [6.07, 6.45) is 2.11. The molecule has 0 atom stereocenters. The minimum atomic E-state index is -3.74. The molecular formula is C12H17Br2NO4S. The topological polar surface area (TPSA) is 78.6 Å². The molecular weight excluding hydrogens is 414 g/mol. The Bertz CT molecular complexity index is 525. The fraction of sp³-hybridized carbons (Fsp3) is 0.500. The van der Waals surface area contributed by atoms with Crippen LogP contribution in [0.1, 0.15) is 19.8 Å². The van der Waals surface area contributed by atoms with Gasteiger partial charge in [-0.2, -0.15) is 0 Å². The van der Waals surface area contributed by atoms with E-state index in [1.807, 2.05) is 0 Å². The molecule has 0 fully saturated rings. The van der Waals surface area contributed by atoms with Crippen molar-refractivity contribution in [1.29, 1.82) is 0 Å². The number of ether oxygens (including phenoxy) is 2. The van der Waals surface area contributed by atoms with Crippen LogP contribution in [-0.4, -0.2) is 28.2 Å². The molecule has 0 heterocycles. The maximum absolute atomic E-state index is 11.3. The lowest BCUT2D eigenvalue weighted by molar-refractivity contribution is 0.0975. The molecule has 0 aliphatic carbocycles. The van der Waals surface area contributed by atoms with Gasteiger partial charge in [0, 0.05) is 6.61 Å². The highest BCUT2D eigenvalue weighted by Crippen LogP contribution is 2.35. The molecule has 1 aromatic carbocycles. The zero-order valence-corrected chi connectivity index (χ0v) is 15.1. The maximum atomic E-state index is 11.3. The van der Waals surface area contributed by atoms with E-state index in [2.05, 4.69) is 38.8 Å². The summed E-state index contributed by atoms with van der Waals surface area (Å²) >= 11 is 6.54. The number of benzene rings is 1. The van der Waals surface area contributed by atoms with E-state index in [1.165, 1.54) is 12.1 Å². The highest BCUT2D eigenvalue weighted by atomic mass is 79.9. The molecule has 114 valence electrons. The van der Waals surface area contributed by atoms with Crippen LogP contribution in [0.25, 0.3) is 0 Å². The Hall–Kier alpha value is -0.150. The summed E-state index contributed by atoms with van der Waals surface area (Å²) in [5, 5.41) is 5.08. The Morgan fingerprint density at radius 2 is 1.75 bits per heavy atom. The highest BCUT2D eigenvalue weighted by Gasteiger charge is 2.15. The molecule has 0 amide bonds. The van der Waals surface area contributed by atoms with Crippen LogP contribution in [0.4, 0.5) is 0 Å². The number of halogens is 2. The van der Waals surface area contributed by atoms with Crippen molar-refractivity contribution in [3.8, 4) is 5.75 Å². The molecule has 8 heteroatoms. The number of hydrogen-bond acceptors (Lipinski definition) is 4. The second kappa shape index (κ2) is 8.33. The van der Waals surface area contributed by atoms with Gasteiger partial charge >= 0.3 is 0 Å². The van der Waals surface area contributed by atoms with Crippen LogP contribution in [0, 0.1) is 0 Å². The molecule has 0 radical (unpaired) electrons. The SMILES string of the molecule is CCCCOCCOc1c(Br)cc(S(N)(=O)=O)cc1Br. The molecule has 20 heavy (non-hydrogen) atoms. The molecule has 0 bridgehead atoms. The van der Waals surface area contributed by atoms with Gasteiger partial charge in [0.1, 0.15) is 12.4 Å². The van der Waals surface area contributed by atoms with Gasteiger partial charge in [-0.15, -0.1) is 0 Å². The third kappa shape index (κ3) is 5.69. The third-order valence-electron chi connectivity index (χ3n) is 2.42. The van der Waals surface area contributed by atoms with E-state index < -0.39 is 10.0 Å². The quantitative estimate of drug-likeness (QED) is 0.642. The minimum absolute atomic E-state index is 0.0165. The summed E-state index contributed by atoms with van der Waals surface area (Å²) < 4.78 is 34.5. The number of sulfonamides is 1. The van der Waals surface area contributed by atoms with E-state index in [9.17, 15) is 8.42 Å². The minimum Gasteiger partial charge on any atom is -0.489 e. The predicted octanol–water partition coefficient (Wildman–Crippen LogP) is 3.05. The van der Waals surface area contributed by atoms with Crippen molar-refractivity contribution in [3.63, 3.8) is 0 Å². The summed E-state index contributed by atoms with van der Waals surface area (Å²) in [7, 11) is -3.74. The predicted molar refractivity (Wildman–Crippen MR) is 84.4 cm³/mol. The van der Waals surface area contributed by atoms with Crippen LogP contribution in [0.3, 0.4) is 0 Å². The van der Waals surface area contributed by atoms with Crippen molar-refractivity contribution < 1.29 is 17.9 Å². The van der Waals surface area contributed by atoms with Crippen LogP contribution in [0.2, 0.25) is 0 Å². The first kappa shape index (κ1) is 17.9. The second-order valence-corrected chi connectivity index (χ2v) is 7.35. The van der Waals surface area contributed by atoms with E-state index in [0.29, 0.717) is 34.5 Å². The summed E-state index contributed by atoms with van der Waals surface area (Å²) in [5.41, 5.74) is 0. The molecule has 0 unspecified atom stereocenters. The van der Waals surface area contributed by atoms with E-state index in [-0.39, 0.29) is 4.90 Å². The summed E-state index contributed by atoms with van der Waals surface area (Å²) in [5.74, 6) is 0.525. The Balaban J connectivity index is 2.63. The number of rotatable bonds is 8. The molecule has 0 aromatic heterocycles. The normalized spacial score (nSPS) is 11.6. The number of nitrogens with two attached hydrogens (primary N) is 1. The average Bonchev–Trinajstić information content (AvgIpc) is 2.34. The highest BCUT2D eigenvalue weighted by molar-refractivity contribution is 9.11. The molecule has 1 rings (SSSR count). The lowest BCUT2D eigenvalue weighted by Crippen LogP contribution is -2.13. The van der Waals surface area contributed by atoms with Crippen molar-refractivity contribution in [1.82, 2.24) is 0 Å². The first-order chi connectivity index (χ1) is 9.36. The molecule has 0 saturated heterocycles. The average molecular weight is 431 g/mol. The Morgan fingerprint density at radius 1 is 1.15 bits per heavy atom. The standard InChI is InChI=1S/C12H17Br2NO4S/c1-2-3-4-18-5-6-19-12-10(13)7-9(8-11(12)14)20(15,16)17/h7-8H,2-6H2,1H3,(H2,15,16,17). The van der Waals surface area contributed by atoms with Gasteiger partial charge in [0.15, 0.2) is 0 Å². The molecule has 0 aliphatic heterocycles. The van der Waals surface area contributed by atoms with Crippen molar-refractivity contribution in [2.45, 2.75) is 24.7 Å². The van der Waals surface area contributed by atoms with E-state index in [0.717, 1.165) is 12.8 Å². The Morgan fingerprint density at radius 3 is 2.25 bits per heavy atom. The van der Waals surface area contributed by atoms with Gasteiger partial charge in [-0.25, -0.2) is 13.6 Å². The molecule has 2 N–H and O–H groups in total. The van der Waals surface area contributed by atoms with Gasteiger partial charge in [-0.1, -0.05) is 13.3 Å². The monoisotopic (exact) mass is 429 g/mol. The van der Waals surface area contributed by atoms with Crippen molar-refractivity contribution >= 4 is 41.9 Å². The van der Waals surface area contributed by atoms with Crippen LogP contribution < -0.4 is 9.88 Å². The zero-order valence-electron chi connectivity index (χ0n) is 11.1. The molecule has 0 aliphatic rings. The van der Waals surface area contributed by atoms with Crippen molar-refractivity contribution in [2.75, 3.05) is 19.8 Å². The molecule has 0 spiro atoms. The van der Waals surface area contributed by atoms with Gasteiger partial charge < -0.3 is 9.47 Å². The maximum Gasteiger partial charge on any atom is 0.238 e. The van der Waals surface area contributed by atoms with E-state index in [4.69, 9.17) is 14.6 Å². The van der Waals surface area contributed by atoms with Crippen LogP contribution >= 0.6 is 31.9 Å². The lowest BCUT2D eigenvalue weighted by Gasteiger charge is -2.12. The van der Waals surface area contributed by atoms with Crippen LogP contribution in [-0.2, 0) is 14.8 Å². The smallest absolute Gasteiger partial charge is 0.238 e. The number of hydrogen-bond donors (Lipinski definition) is 1. The fourth-order valence-corrected chi connectivity index (χ4v) is 3.67. The molecule has 0 saturated carbocycles. The number of primary sulfonamides is 1. The van der Waals surface area contributed by atoms with Gasteiger partial charge in [0.05, 0.1) is 20.4 Å². The van der Waals surface area contributed by atoms with Gasteiger partial charge in [0.2, 0.25) is 10.0 Å². The van der Waals surface area contributed by atoms with Gasteiger partial charge in [0.25, 0.3) is 0 Å². The third-order valence-corrected chi connectivity index (χ3v) is 4.49. The Kier molecular flexibility index (Phi) is 7.46. The number of unbranched alkanes of at least 4 members (excludes halogenated alkanes) is 1. The summed E-state index contributed by atoms with van der Waals surface area (Å²) in [6, 6.07) is 2.82. The molecule has 1 aromatic rings. The second-order valence-electron chi connectivity index (χ2n) is 4.08. The summed E-state index contributed by atoms with van der Waals surface area (Å²) in [6.45, 7) is 3.68. The molecule has 5 nitrogen and oxygen atoms in total. The van der Waals surface area contributed by atoms with Crippen LogP contribution in [0.5, 0.6) is 5.75 Å². The van der Waals surface area contributed by atoms with E-state index >= 15 is 0 Å².